The molecule has 0 unspecified atom stereocenters. The van der Waals surface area contributed by atoms with Crippen molar-refractivity contribution in [3.05, 3.63) is 35.4 Å². The van der Waals surface area contributed by atoms with Crippen LogP contribution in [0.2, 0.25) is 0 Å². The molecule has 0 aromatic heterocycles. The van der Waals surface area contributed by atoms with Crippen molar-refractivity contribution < 1.29 is 4.79 Å². The van der Waals surface area contributed by atoms with E-state index in [0.717, 1.165) is 31.6 Å². The first-order valence-electron chi connectivity index (χ1n) is 7.44. The Labute approximate surface area is 132 Å². The molecule has 0 aliphatic rings. The van der Waals surface area contributed by atoms with Gasteiger partial charge in [0.15, 0.2) is 0 Å². The third-order valence-corrected chi connectivity index (χ3v) is 3.57. The van der Waals surface area contributed by atoms with Crippen molar-refractivity contribution in [1.82, 2.24) is 10.2 Å². The van der Waals surface area contributed by atoms with E-state index in [2.05, 4.69) is 24.1 Å². The molecule has 0 saturated heterocycles. The number of hydrogen-bond donors (Lipinski definition) is 2. The van der Waals surface area contributed by atoms with Crippen LogP contribution in [0.1, 0.15) is 36.2 Å². The molecule has 1 amide bonds. The first-order valence-corrected chi connectivity index (χ1v) is 7.85. The summed E-state index contributed by atoms with van der Waals surface area (Å²) in [6, 6.07) is 7.41. The summed E-state index contributed by atoms with van der Waals surface area (Å²) in [4.78, 5) is 14.8. The number of carbonyl (C=O) groups is 1. The van der Waals surface area contributed by atoms with Crippen LogP contribution >= 0.6 is 12.2 Å². The Balaban J connectivity index is 2.36. The van der Waals surface area contributed by atoms with Gasteiger partial charge < -0.3 is 16.0 Å². The molecule has 0 heterocycles. The Bertz CT molecular complexity index is 455. The van der Waals surface area contributed by atoms with E-state index in [0.29, 0.717) is 23.5 Å². The van der Waals surface area contributed by atoms with Crippen molar-refractivity contribution in [3.63, 3.8) is 0 Å². The van der Waals surface area contributed by atoms with Crippen molar-refractivity contribution in [1.29, 1.82) is 0 Å². The molecule has 0 atom stereocenters. The number of rotatable bonds is 9. The van der Waals surface area contributed by atoms with Crippen LogP contribution in [-0.2, 0) is 6.42 Å². The van der Waals surface area contributed by atoms with Gasteiger partial charge in [0.1, 0.15) is 0 Å². The predicted molar refractivity (Wildman–Crippen MR) is 91.7 cm³/mol. The normalized spacial score (nSPS) is 10.6. The van der Waals surface area contributed by atoms with E-state index >= 15 is 0 Å². The number of carbonyl (C=O) groups excluding carboxylic acids is 1. The van der Waals surface area contributed by atoms with Crippen molar-refractivity contribution in [2.24, 2.45) is 5.73 Å². The lowest BCUT2D eigenvalue weighted by Crippen LogP contribution is -2.29. The Morgan fingerprint density at radius 2 is 1.86 bits per heavy atom. The topological polar surface area (TPSA) is 58.4 Å². The average Bonchev–Trinajstić information content (AvgIpc) is 2.47. The fourth-order valence-corrected chi connectivity index (χ4v) is 2.29. The van der Waals surface area contributed by atoms with Crippen LogP contribution in [0.3, 0.4) is 0 Å². The van der Waals surface area contributed by atoms with E-state index in [1.165, 1.54) is 0 Å². The van der Waals surface area contributed by atoms with E-state index in [1.54, 1.807) is 0 Å². The van der Waals surface area contributed by atoms with Crippen molar-refractivity contribution in [3.8, 4) is 0 Å². The van der Waals surface area contributed by atoms with Crippen molar-refractivity contribution in [2.45, 2.75) is 26.7 Å². The molecule has 0 radical (unpaired) electrons. The lowest BCUT2D eigenvalue weighted by Gasteiger charge is -2.17. The number of nitrogens with two attached hydrogens (primary N) is 1. The zero-order valence-corrected chi connectivity index (χ0v) is 13.7. The maximum absolute atomic E-state index is 12.0. The highest BCUT2D eigenvalue weighted by atomic mass is 32.1. The highest BCUT2D eigenvalue weighted by molar-refractivity contribution is 7.80. The minimum absolute atomic E-state index is 0.0311. The molecule has 5 heteroatoms. The molecule has 0 spiro atoms. The summed E-state index contributed by atoms with van der Waals surface area (Å²) < 4.78 is 0. The average molecular weight is 307 g/mol. The summed E-state index contributed by atoms with van der Waals surface area (Å²) in [6.07, 6.45) is 1.54. The van der Waals surface area contributed by atoms with Gasteiger partial charge in [-0.15, -0.1) is 0 Å². The third kappa shape index (κ3) is 6.69. The van der Waals surface area contributed by atoms with E-state index in [9.17, 15) is 4.79 Å². The zero-order chi connectivity index (χ0) is 15.7. The second-order valence-corrected chi connectivity index (χ2v) is 5.50. The van der Waals surface area contributed by atoms with Gasteiger partial charge in [0.25, 0.3) is 5.91 Å². The van der Waals surface area contributed by atoms with E-state index < -0.39 is 0 Å². The molecule has 0 fully saturated rings. The monoisotopic (exact) mass is 307 g/mol. The maximum atomic E-state index is 12.0. The van der Waals surface area contributed by atoms with E-state index in [1.807, 2.05) is 24.3 Å². The highest BCUT2D eigenvalue weighted by Gasteiger charge is 2.05. The largest absolute Gasteiger partial charge is 0.393 e. The van der Waals surface area contributed by atoms with Crippen LogP contribution in [0.25, 0.3) is 0 Å². The molecule has 1 aromatic carbocycles. The summed E-state index contributed by atoms with van der Waals surface area (Å²) in [7, 11) is 0. The van der Waals surface area contributed by atoms with Gasteiger partial charge in [-0.05, 0) is 43.8 Å². The smallest absolute Gasteiger partial charge is 0.251 e. The first-order chi connectivity index (χ1) is 10.1. The molecule has 0 aliphatic carbocycles. The van der Waals surface area contributed by atoms with Gasteiger partial charge in [-0.2, -0.15) is 0 Å². The number of hydrogen-bond acceptors (Lipinski definition) is 3. The predicted octanol–water partition coefficient (Wildman–Crippen LogP) is 1.98. The summed E-state index contributed by atoms with van der Waals surface area (Å²) >= 11 is 4.87. The lowest BCUT2D eigenvalue weighted by atomic mass is 10.1. The van der Waals surface area contributed by atoms with Gasteiger partial charge in [-0.25, -0.2) is 0 Å². The van der Waals surface area contributed by atoms with Crippen LogP contribution in [0.4, 0.5) is 0 Å². The molecule has 4 nitrogen and oxygen atoms in total. The van der Waals surface area contributed by atoms with Gasteiger partial charge in [0, 0.05) is 18.5 Å². The summed E-state index contributed by atoms with van der Waals surface area (Å²) in [5.41, 5.74) is 7.20. The van der Waals surface area contributed by atoms with E-state index in [4.69, 9.17) is 18.0 Å². The molecule has 3 N–H and O–H groups in total. The molecule has 116 valence electrons. The van der Waals surface area contributed by atoms with Crippen molar-refractivity contribution in [2.75, 3.05) is 26.2 Å². The fraction of sp³-hybridized carbons (Fsp3) is 0.500. The molecule has 1 aromatic rings. The Morgan fingerprint density at radius 1 is 1.24 bits per heavy atom. The third-order valence-electron chi connectivity index (χ3n) is 3.43. The number of nitrogens with one attached hydrogen (secondary N) is 1. The quantitative estimate of drug-likeness (QED) is 0.541. The fourth-order valence-electron chi connectivity index (χ4n) is 2.12. The molecule has 21 heavy (non-hydrogen) atoms. The van der Waals surface area contributed by atoms with Gasteiger partial charge in [0.2, 0.25) is 0 Å². The molecular formula is C16H25N3OS. The Hall–Kier alpha value is -1.46. The second kappa shape index (κ2) is 9.47. The van der Waals surface area contributed by atoms with Crippen LogP contribution in [0, 0.1) is 0 Å². The minimum atomic E-state index is -0.0311. The van der Waals surface area contributed by atoms with Crippen molar-refractivity contribution >= 4 is 23.1 Å². The van der Waals surface area contributed by atoms with Crippen LogP contribution in [0.5, 0.6) is 0 Å². The Kier molecular flexibility index (Phi) is 7.93. The standard InChI is InChI=1S/C16H25N3OS/c1-3-19(4-2)11-5-10-18-16(20)14-8-6-13(7-9-14)12-15(17)21/h6-9H,3-5,10-12H2,1-2H3,(H2,17,21)(H,18,20). The Morgan fingerprint density at radius 3 is 2.38 bits per heavy atom. The number of thiocarbonyl (C=S) groups is 1. The van der Waals surface area contributed by atoms with Gasteiger partial charge in [-0.1, -0.05) is 38.2 Å². The van der Waals surface area contributed by atoms with Gasteiger partial charge in [-0.3, -0.25) is 4.79 Å². The summed E-state index contributed by atoms with van der Waals surface area (Å²) in [5, 5.41) is 2.95. The SMILES string of the molecule is CCN(CC)CCCNC(=O)c1ccc(CC(N)=S)cc1. The van der Waals surface area contributed by atoms with Crippen LogP contribution in [0.15, 0.2) is 24.3 Å². The molecule has 0 bridgehead atoms. The van der Waals surface area contributed by atoms with Gasteiger partial charge in [0.05, 0.1) is 4.99 Å². The highest BCUT2D eigenvalue weighted by Crippen LogP contribution is 2.05. The number of benzene rings is 1. The summed E-state index contributed by atoms with van der Waals surface area (Å²) in [5.74, 6) is -0.0311. The first kappa shape index (κ1) is 17.6. The second-order valence-electron chi connectivity index (χ2n) is 4.98. The maximum Gasteiger partial charge on any atom is 0.251 e. The molecular weight excluding hydrogens is 282 g/mol. The van der Waals surface area contributed by atoms with Crippen LogP contribution in [-0.4, -0.2) is 42.0 Å². The summed E-state index contributed by atoms with van der Waals surface area (Å²) in [6.45, 7) is 8.11. The molecule has 1 rings (SSSR count). The zero-order valence-electron chi connectivity index (χ0n) is 12.9. The van der Waals surface area contributed by atoms with Gasteiger partial charge >= 0.3 is 0 Å². The number of nitrogens with zero attached hydrogens (tertiary/aromatic N) is 1. The molecule has 0 aliphatic heterocycles. The molecule has 0 saturated carbocycles. The van der Waals surface area contributed by atoms with Crippen LogP contribution < -0.4 is 11.1 Å². The lowest BCUT2D eigenvalue weighted by molar-refractivity contribution is 0.0952. The number of amides is 1. The minimum Gasteiger partial charge on any atom is -0.393 e. The van der Waals surface area contributed by atoms with E-state index in [-0.39, 0.29) is 5.91 Å².